The number of amides is 2. The first-order chi connectivity index (χ1) is 11.9. The zero-order chi connectivity index (χ0) is 18.8. The van der Waals surface area contributed by atoms with Crippen molar-refractivity contribution in [2.75, 3.05) is 20.3 Å². The number of ether oxygens (including phenoxy) is 1. The third-order valence-corrected chi connectivity index (χ3v) is 4.80. The first-order valence-electron chi connectivity index (χ1n) is 9.34. The molecular formula is C18H33N3O4. The lowest BCUT2D eigenvalue weighted by Gasteiger charge is -2.33. The van der Waals surface area contributed by atoms with Crippen molar-refractivity contribution < 1.29 is 19.1 Å². The number of carbonyl (C=O) groups is 3. The normalized spacial score (nSPS) is 20.4. The SMILES string of the molecule is CCCC(=O)OCNC(=O)[C@@H](NC(=O)[C@H]1CCCCN1C)C(C)CC. The molecule has 3 atom stereocenters. The van der Waals surface area contributed by atoms with Crippen LogP contribution in [-0.4, -0.2) is 55.1 Å². The molecule has 1 aliphatic heterocycles. The van der Waals surface area contributed by atoms with Gasteiger partial charge in [0, 0.05) is 6.42 Å². The number of nitrogens with one attached hydrogen (secondary N) is 2. The van der Waals surface area contributed by atoms with Gasteiger partial charge in [0.05, 0.1) is 6.04 Å². The van der Waals surface area contributed by atoms with Crippen LogP contribution < -0.4 is 10.6 Å². The first-order valence-corrected chi connectivity index (χ1v) is 9.34. The second kappa shape index (κ2) is 11.1. The Labute approximate surface area is 150 Å². The highest BCUT2D eigenvalue weighted by atomic mass is 16.5. The van der Waals surface area contributed by atoms with Crippen molar-refractivity contribution in [2.24, 2.45) is 5.92 Å². The van der Waals surface area contributed by atoms with Gasteiger partial charge in [0.25, 0.3) is 0 Å². The molecule has 144 valence electrons. The Morgan fingerprint density at radius 3 is 2.56 bits per heavy atom. The number of esters is 1. The molecule has 7 heteroatoms. The van der Waals surface area contributed by atoms with Crippen LogP contribution in [0.2, 0.25) is 0 Å². The Hall–Kier alpha value is -1.63. The van der Waals surface area contributed by atoms with Crippen LogP contribution in [0, 0.1) is 5.92 Å². The fourth-order valence-corrected chi connectivity index (χ4v) is 2.93. The topological polar surface area (TPSA) is 87.7 Å². The summed E-state index contributed by atoms with van der Waals surface area (Å²) in [5.74, 6) is -0.768. The van der Waals surface area contributed by atoms with E-state index in [0.717, 1.165) is 32.2 Å². The highest BCUT2D eigenvalue weighted by molar-refractivity contribution is 5.90. The molecule has 7 nitrogen and oxygen atoms in total. The highest BCUT2D eigenvalue weighted by Crippen LogP contribution is 2.16. The molecule has 2 amide bonds. The number of nitrogens with zero attached hydrogens (tertiary/aromatic N) is 1. The fourth-order valence-electron chi connectivity index (χ4n) is 2.93. The Bertz CT molecular complexity index is 456. The molecule has 1 heterocycles. The summed E-state index contributed by atoms with van der Waals surface area (Å²) < 4.78 is 4.96. The average molecular weight is 355 g/mol. The van der Waals surface area contributed by atoms with Gasteiger partial charge in [-0.2, -0.15) is 0 Å². The van der Waals surface area contributed by atoms with Gasteiger partial charge in [-0.25, -0.2) is 0 Å². The quantitative estimate of drug-likeness (QED) is 0.482. The third kappa shape index (κ3) is 7.02. The predicted octanol–water partition coefficient (Wildman–Crippen LogP) is 1.42. The molecule has 25 heavy (non-hydrogen) atoms. The van der Waals surface area contributed by atoms with Crippen LogP contribution in [0.25, 0.3) is 0 Å². The zero-order valence-electron chi connectivity index (χ0n) is 16.0. The molecule has 0 aromatic rings. The van der Waals surface area contributed by atoms with Gasteiger partial charge in [0.1, 0.15) is 6.04 Å². The summed E-state index contributed by atoms with van der Waals surface area (Å²) in [5.41, 5.74) is 0. The van der Waals surface area contributed by atoms with Crippen LogP contribution >= 0.6 is 0 Å². The molecular weight excluding hydrogens is 322 g/mol. The zero-order valence-corrected chi connectivity index (χ0v) is 16.0. The predicted molar refractivity (Wildman–Crippen MR) is 95.7 cm³/mol. The Morgan fingerprint density at radius 2 is 1.96 bits per heavy atom. The van der Waals surface area contributed by atoms with Crippen LogP contribution in [0.4, 0.5) is 0 Å². The largest absolute Gasteiger partial charge is 0.444 e. The van der Waals surface area contributed by atoms with Crippen LogP contribution in [0.5, 0.6) is 0 Å². The van der Waals surface area contributed by atoms with Crippen molar-refractivity contribution in [1.29, 1.82) is 0 Å². The van der Waals surface area contributed by atoms with Gasteiger partial charge in [0.15, 0.2) is 6.73 Å². The van der Waals surface area contributed by atoms with Gasteiger partial charge in [0.2, 0.25) is 11.8 Å². The molecule has 2 N–H and O–H groups in total. The molecule has 1 unspecified atom stereocenters. The number of likely N-dealkylation sites (tertiary alicyclic amines) is 1. The van der Waals surface area contributed by atoms with E-state index in [2.05, 4.69) is 10.6 Å². The second-order valence-electron chi connectivity index (χ2n) is 6.82. The summed E-state index contributed by atoms with van der Waals surface area (Å²) in [5, 5.41) is 5.49. The van der Waals surface area contributed by atoms with Crippen LogP contribution in [0.15, 0.2) is 0 Å². The van der Waals surface area contributed by atoms with Crippen molar-refractivity contribution >= 4 is 17.8 Å². The van der Waals surface area contributed by atoms with Crippen molar-refractivity contribution in [1.82, 2.24) is 15.5 Å². The highest BCUT2D eigenvalue weighted by Gasteiger charge is 2.31. The molecule has 0 saturated carbocycles. The van der Waals surface area contributed by atoms with E-state index < -0.39 is 6.04 Å². The molecule has 1 saturated heterocycles. The summed E-state index contributed by atoms with van der Waals surface area (Å²) >= 11 is 0. The Morgan fingerprint density at radius 1 is 1.24 bits per heavy atom. The summed E-state index contributed by atoms with van der Waals surface area (Å²) in [6.07, 6.45) is 4.72. The fraction of sp³-hybridized carbons (Fsp3) is 0.833. The maximum Gasteiger partial charge on any atom is 0.307 e. The van der Waals surface area contributed by atoms with Gasteiger partial charge in [-0.3, -0.25) is 19.3 Å². The number of hydrogen-bond donors (Lipinski definition) is 2. The molecule has 0 bridgehead atoms. The van der Waals surface area contributed by atoms with Gasteiger partial charge >= 0.3 is 5.97 Å². The van der Waals surface area contributed by atoms with Gasteiger partial charge in [-0.1, -0.05) is 33.6 Å². The van der Waals surface area contributed by atoms with E-state index in [-0.39, 0.29) is 36.5 Å². The van der Waals surface area contributed by atoms with E-state index in [1.54, 1.807) is 0 Å². The number of carbonyl (C=O) groups excluding carboxylic acids is 3. The maximum absolute atomic E-state index is 12.6. The molecule has 0 aromatic heterocycles. The number of hydrogen-bond acceptors (Lipinski definition) is 5. The minimum Gasteiger partial charge on any atom is -0.444 e. The van der Waals surface area contributed by atoms with E-state index in [1.165, 1.54) is 0 Å². The van der Waals surface area contributed by atoms with Gasteiger partial charge in [-0.05, 0) is 38.8 Å². The number of rotatable bonds is 9. The van der Waals surface area contributed by atoms with E-state index in [4.69, 9.17) is 4.74 Å². The van der Waals surface area contributed by atoms with Crippen molar-refractivity contribution in [3.05, 3.63) is 0 Å². The molecule has 1 rings (SSSR count). The summed E-state index contributed by atoms with van der Waals surface area (Å²) in [7, 11) is 1.94. The first kappa shape index (κ1) is 21.4. The molecule has 0 radical (unpaired) electrons. The summed E-state index contributed by atoms with van der Waals surface area (Å²) in [4.78, 5) is 38.4. The monoisotopic (exact) mass is 355 g/mol. The van der Waals surface area contributed by atoms with Gasteiger partial charge < -0.3 is 15.4 Å². The summed E-state index contributed by atoms with van der Waals surface area (Å²) in [6, 6.07) is -0.812. The average Bonchev–Trinajstić information content (AvgIpc) is 2.59. The Balaban J connectivity index is 2.59. The van der Waals surface area contributed by atoms with Gasteiger partial charge in [-0.15, -0.1) is 0 Å². The third-order valence-electron chi connectivity index (χ3n) is 4.80. The molecule has 0 aromatic carbocycles. The number of piperidine rings is 1. The second-order valence-corrected chi connectivity index (χ2v) is 6.82. The molecule has 0 spiro atoms. The van der Waals surface area contributed by atoms with Crippen LogP contribution in [-0.2, 0) is 19.1 Å². The number of likely N-dealkylation sites (N-methyl/N-ethyl adjacent to an activating group) is 1. The van der Waals surface area contributed by atoms with Crippen LogP contribution in [0.1, 0.15) is 59.3 Å². The summed E-state index contributed by atoms with van der Waals surface area (Å²) in [6.45, 7) is 6.52. The van der Waals surface area contributed by atoms with Crippen molar-refractivity contribution in [3.63, 3.8) is 0 Å². The Kier molecular flexibility index (Phi) is 9.49. The van der Waals surface area contributed by atoms with E-state index in [9.17, 15) is 14.4 Å². The molecule has 1 fully saturated rings. The van der Waals surface area contributed by atoms with E-state index in [0.29, 0.717) is 12.8 Å². The minimum atomic E-state index is -0.627. The maximum atomic E-state index is 12.6. The minimum absolute atomic E-state index is 0.0100. The lowest BCUT2D eigenvalue weighted by atomic mass is 9.96. The van der Waals surface area contributed by atoms with Crippen molar-refractivity contribution in [2.45, 2.75) is 71.4 Å². The lowest BCUT2D eigenvalue weighted by molar-refractivity contribution is -0.146. The van der Waals surface area contributed by atoms with Crippen molar-refractivity contribution in [3.8, 4) is 0 Å². The smallest absolute Gasteiger partial charge is 0.307 e. The van der Waals surface area contributed by atoms with E-state index >= 15 is 0 Å². The molecule has 0 aliphatic carbocycles. The molecule has 1 aliphatic rings. The van der Waals surface area contributed by atoms with Crippen LogP contribution in [0.3, 0.4) is 0 Å². The lowest BCUT2D eigenvalue weighted by Crippen LogP contribution is -2.56. The standard InChI is InChI=1S/C18H33N3O4/c1-5-9-15(22)25-12-19-18(24)16(13(3)6-2)20-17(23)14-10-7-8-11-21(14)4/h13-14,16H,5-12H2,1-4H3,(H,19,24)(H,20,23)/t13?,14-,16+/m1/s1. The van der Waals surface area contributed by atoms with E-state index in [1.807, 2.05) is 32.7 Å².